The first-order valence-electron chi connectivity index (χ1n) is 15.8. The van der Waals surface area contributed by atoms with Crippen molar-refractivity contribution < 1.29 is 12.3 Å². The molecule has 0 aliphatic carbocycles. The molecule has 4 nitrogen and oxygen atoms in total. The third kappa shape index (κ3) is 4.15. The molecule has 0 spiro atoms. The average molecular weight is 549 g/mol. The van der Waals surface area contributed by atoms with Gasteiger partial charge in [-0.2, -0.15) is 0 Å². The van der Waals surface area contributed by atoms with Crippen LogP contribution in [0.3, 0.4) is 0 Å². The summed E-state index contributed by atoms with van der Waals surface area (Å²) in [5, 5.41) is 1.92. The number of rotatable bonds is 4. The summed E-state index contributed by atoms with van der Waals surface area (Å²) < 4.78 is 76.4. The summed E-state index contributed by atoms with van der Waals surface area (Å²) in [6, 6.07) is 16.6. The van der Waals surface area contributed by atoms with Crippen molar-refractivity contribution in [2.45, 2.75) is 0 Å². The average Bonchev–Trinajstić information content (AvgIpc) is 3.52. The first-order chi connectivity index (χ1) is 22.0. The fraction of sp³-hybridized carbons (Fsp3) is 0. The van der Waals surface area contributed by atoms with E-state index in [0.717, 1.165) is 30.7 Å². The Kier molecular flexibility index (Phi) is 3.57. The molecule has 5 heteroatoms. The minimum atomic E-state index is -0.562. The molecule has 2 aromatic heterocycles. The van der Waals surface area contributed by atoms with Crippen LogP contribution in [0.1, 0.15) is 12.3 Å². The van der Waals surface area contributed by atoms with Crippen molar-refractivity contribution in [2.75, 3.05) is 0 Å². The summed E-state index contributed by atoms with van der Waals surface area (Å²) in [5.41, 5.74) is 2.21. The molecule has 0 N–H and O–H groups in total. The predicted molar refractivity (Wildman–Crippen MR) is 151 cm³/mol. The number of nitrogens with zero attached hydrogens (tertiary/aromatic N) is 4. The molecular formula is C32H20N4Se. The van der Waals surface area contributed by atoms with Gasteiger partial charge in [-0.3, -0.25) is 0 Å². The topological polar surface area (TPSA) is 51.6 Å². The van der Waals surface area contributed by atoms with Gasteiger partial charge >= 0.3 is 233 Å². The molecule has 7 aromatic rings. The summed E-state index contributed by atoms with van der Waals surface area (Å²) in [6.07, 6.45) is 0. The molecule has 0 aliphatic heterocycles. The zero-order valence-corrected chi connectivity index (χ0v) is 20.8. The quantitative estimate of drug-likeness (QED) is 0.217. The molecule has 7 rings (SSSR count). The third-order valence-corrected chi connectivity index (χ3v) is 8.22. The van der Waals surface area contributed by atoms with E-state index >= 15 is 0 Å². The van der Waals surface area contributed by atoms with Crippen molar-refractivity contribution in [2.24, 2.45) is 0 Å². The summed E-state index contributed by atoms with van der Waals surface area (Å²) >= 11 is -0.0925. The van der Waals surface area contributed by atoms with Crippen LogP contribution in [0.2, 0.25) is 0 Å². The van der Waals surface area contributed by atoms with Gasteiger partial charge < -0.3 is 0 Å². The van der Waals surface area contributed by atoms with E-state index in [1.807, 2.05) is 54.6 Å². The van der Waals surface area contributed by atoms with E-state index in [1.165, 1.54) is 6.07 Å². The van der Waals surface area contributed by atoms with Crippen molar-refractivity contribution in [1.29, 1.82) is 0 Å². The van der Waals surface area contributed by atoms with Crippen LogP contribution in [-0.2, 0) is 0 Å². The van der Waals surface area contributed by atoms with E-state index < -0.39 is 42.3 Å². The number of hydrogen-bond donors (Lipinski definition) is 0. The Labute approximate surface area is 232 Å². The van der Waals surface area contributed by atoms with Crippen molar-refractivity contribution in [3.8, 4) is 44.3 Å². The van der Waals surface area contributed by atoms with Gasteiger partial charge in [0.1, 0.15) is 0 Å². The number of hydrogen-bond acceptors (Lipinski definition) is 4. The molecule has 37 heavy (non-hydrogen) atoms. The summed E-state index contributed by atoms with van der Waals surface area (Å²) in [5.74, 6) is -0.244. The Morgan fingerprint density at radius 3 is 2.03 bits per heavy atom. The van der Waals surface area contributed by atoms with Crippen LogP contribution in [0, 0.1) is 0 Å². The van der Waals surface area contributed by atoms with Gasteiger partial charge in [-0.25, -0.2) is 0 Å². The molecule has 0 amide bonds. The summed E-state index contributed by atoms with van der Waals surface area (Å²) in [7, 11) is 0. The Morgan fingerprint density at radius 2 is 1.22 bits per heavy atom. The van der Waals surface area contributed by atoms with Crippen LogP contribution in [-0.4, -0.2) is 34.4 Å². The first kappa shape index (κ1) is 14.3. The molecule has 0 atom stereocenters. The number of fused-ring (bicyclic) bond motifs is 3. The van der Waals surface area contributed by atoms with Crippen LogP contribution in [0.5, 0.6) is 0 Å². The zero-order chi connectivity index (χ0) is 32.4. The van der Waals surface area contributed by atoms with E-state index in [1.54, 1.807) is 6.07 Å². The van der Waals surface area contributed by atoms with Crippen molar-refractivity contribution in [3.05, 3.63) is 121 Å². The molecular weight excluding hydrogens is 519 g/mol. The fourth-order valence-electron chi connectivity index (χ4n) is 4.05. The number of benzene rings is 5. The van der Waals surface area contributed by atoms with Gasteiger partial charge in [0, 0.05) is 0 Å². The third-order valence-electron chi connectivity index (χ3n) is 5.80. The molecule has 0 saturated heterocycles. The Bertz CT molecular complexity index is 2350. The summed E-state index contributed by atoms with van der Waals surface area (Å²) in [4.78, 5) is 18.5. The van der Waals surface area contributed by atoms with E-state index in [4.69, 9.17) is 17.3 Å². The second-order valence-corrected chi connectivity index (χ2v) is 10.2. The zero-order valence-electron chi connectivity index (χ0n) is 28.0. The molecule has 174 valence electrons. The minimum absolute atomic E-state index is 0.0193. The van der Waals surface area contributed by atoms with Gasteiger partial charge in [0.2, 0.25) is 0 Å². The van der Waals surface area contributed by atoms with E-state index in [0.29, 0.717) is 5.56 Å². The molecule has 5 aromatic carbocycles. The van der Waals surface area contributed by atoms with Crippen LogP contribution >= 0.6 is 0 Å². The van der Waals surface area contributed by atoms with Crippen molar-refractivity contribution >= 4 is 35.1 Å². The molecule has 0 radical (unpaired) electrons. The maximum atomic E-state index is 8.54. The van der Waals surface area contributed by atoms with Crippen LogP contribution in [0.4, 0.5) is 0 Å². The number of aromatic nitrogens is 4. The maximum absolute atomic E-state index is 8.54. The van der Waals surface area contributed by atoms with Crippen LogP contribution in [0.25, 0.3) is 64.8 Å². The van der Waals surface area contributed by atoms with Gasteiger partial charge in [0.05, 0.1) is 0 Å². The Hall–Kier alpha value is -4.44. The normalized spacial score (nSPS) is 14.6. The van der Waals surface area contributed by atoms with Gasteiger partial charge in [-0.1, -0.05) is 0 Å². The van der Waals surface area contributed by atoms with Crippen molar-refractivity contribution in [1.82, 2.24) is 19.9 Å². The Balaban J connectivity index is 1.49. The second-order valence-electron chi connectivity index (χ2n) is 8.12. The molecule has 0 unspecified atom stereocenters. The first-order valence-corrected chi connectivity index (χ1v) is 13.0. The molecule has 2 heterocycles. The van der Waals surface area contributed by atoms with E-state index in [-0.39, 0.29) is 55.2 Å². The van der Waals surface area contributed by atoms with Gasteiger partial charge in [-0.15, -0.1) is 0 Å². The van der Waals surface area contributed by atoms with Gasteiger partial charge in [0.25, 0.3) is 0 Å². The Morgan fingerprint density at radius 1 is 0.541 bits per heavy atom. The second kappa shape index (κ2) is 9.21. The van der Waals surface area contributed by atoms with E-state index in [2.05, 4.69) is 15.0 Å². The molecule has 0 aliphatic rings. The van der Waals surface area contributed by atoms with Crippen LogP contribution < -0.4 is 0 Å². The summed E-state index contributed by atoms with van der Waals surface area (Å²) in [6.45, 7) is 0. The molecule has 0 saturated carbocycles. The predicted octanol–water partition coefficient (Wildman–Crippen LogP) is 7.30. The molecule has 0 bridgehead atoms. The SMILES string of the molecule is [2H]c1cc(-c2nc(-c3ccc4ccc5nc(-c6ccccc6)[se]c5c4c3)nc(-c3c([2H])c([2H])c([2H])c([2H])c3[2H])n2)c([2H])c([2H])c1[2H]. The van der Waals surface area contributed by atoms with E-state index in [9.17, 15) is 0 Å². The standard InChI is InChI=1S/C32H20N4Se/c1-4-10-22(11-5-1)29-34-30(23-12-6-2-7-13-23)36-31(35-29)25-17-16-21-18-19-27-28(26(21)20-25)37-32(33-27)24-14-8-3-9-15-24/h1-20H/i1D,2D,4D,5D,6D,7D,10D,11D,12D. The fourth-order valence-corrected chi connectivity index (χ4v) is 6.35. The monoisotopic (exact) mass is 549 g/mol. The molecule has 0 fully saturated rings. The van der Waals surface area contributed by atoms with Gasteiger partial charge in [0.15, 0.2) is 0 Å². The van der Waals surface area contributed by atoms with Gasteiger partial charge in [-0.05, 0) is 0 Å². The van der Waals surface area contributed by atoms with Crippen LogP contribution in [0.15, 0.2) is 121 Å². The van der Waals surface area contributed by atoms with Crippen molar-refractivity contribution in [3.63, 3.8) is 0 Å².